The third kappa shape index (κ3) is 4.61. The van der Waals surface area contributed by atoms with E-state index in [2.05, 4.69) is 10.5 Å². The number of nitrogens with one attached hydrogen (secondary N) is 1. The summed E-state index contributed by atoms with van der Waals surface area (Å²) in [4.78, 5) is 22.2. The summed E-state index contributed by atoms with van der Waals surface area (Å²) in [6.07, 6.45) is 3.29. The summed E-state index contributed by atoms with van der Waals surface area (Å²) in [6, 6.07) is 17.2. The van der Waals surface area contributed by atoms with Crippen molar-refractivity contribution in [3.8, 4) is 11.4 Å². The molecule has 1 heterocycles. The lowest BCUT2D eigenvalue weighted by Gasteiger charge is -2.08. The third-order valence-electron chi connectivity index (χ3n) is 3.96. The van der Waals surface area contributed by atoms with Crippen LogP contribution in [-0.4, -0.2) is 28.2 Å². The molecule has 0 atom stereocenters. The van der Waals surface area contributed by atoms with Crippen LogP contribution >= 0.6 is 0 Å². The van der Waals surface area contributed by atoms with Crippen LogP contribution in [0.15, 0.2) is 72.0 Å². The Morgan fingerprint density at radius 1 is 1.18 bits per heavy atom. The van der Waals surface area contributed by atoms with Crippen LogP contribution < -0.4 is 10.2 Å². The lowest BCUT2D eigenvalue weighted by Crippen LogP contribution is -2.24. The molecule has 3 rings (SSSR count). The highest BCUT2D eigenvalue weighted by molar-refractivity contribution is 5.82. The zero-order chi connectivity index (χ0) is 19.9. The molecule has 3 aromatic rings. The monoisotopic (exact) mass is 378 g/mol. The number of nitro benzene ring substituents is 1. The van der Waals surface area contributed by atoms with Crippen molar-refractivity contribution < 1.29 is 14.5 Å². The zero-order valence-corrected chi connectivity index (χ0v) is 15.1. The summed E-state index contributed by atoms with van der Waals surface area (Å²) in [5.41, 5.74) is 4.83. The van der Waals surface area contributed by atoms with Crippen molar-refractivity contribution in [3.05, 3.63) is 88.2 Å². The van der Waals surface area contributed by atoms with Crippen molar-refractivity contribution in [1.29, 1.82) is 0 Å². The molecule has 0 fully saturated rings. The van der Waals surface area contributed by atoms with Crippen LogP contribution in [0.1, 0.15) is 11.3 Å². The predicted molar refractivity (Wildman–Crippen MR) is 105 cm³/mol. The lowest BCUT2D eigenvalue weighted by molar-refractivity contribution is -0.384. The van der Waals surface area contributed by atoms with Crippen molar-refractivity contribution >= 4 is 17.8 Å². The first-order chi connectivity index (χ1) is 13.5. The molecule has 0 aliphatic heterocycles. The molecule has 28 heavy (non-hydrogen) atoms. The highest BCUT2D eigenvalue weighted by Crippen LogP contribution is 2.17. The number of ether oxygens (including phenoxy) is 1. The Labute approximate surface area is 161 Å². The number of carbonyl (C=O) groups excluding carboxylic acids is 1. The fourth-order valence-electron chi connectivity index (χ4n) is 2.53. The molecule has 1 N–H and O–H groups in total. The maximum absolute atomic E-state index is 11.9. The molecule has 1 aromatic heterocycles. The Hall–Kier alpha value is -3.94. The fourth-order valence-corrected chi connectivity index (χ4v) is 2.53. The van der Waals surface area contributed by atoms with E-state index < -0.39 is 4.92 Å². The molecule has 8 heteroatoms. The first-order valence-corrected chi connectivity index (χ1v) is 8.47. The molecule has 2 aromatic carbocycles. The van der Waals surface area contributed by atoms with E-state index in [1.165, 1.54) is 18.3 Å². The molecular formula is C20H18N4O4. The fraction of sp³-hybridized carbons (Fsp3) is 0.100. The molecule has 0 aliphatic rings. The highest BCUT2D eigenvalue weighted by Gasteiger charge is 2.07. The summed E-state index contributed by atoms with van der Waals surface area (Å²) in [7, 11) is 0. The van der Waals surface area contributed by atoms with Crippen LogP contribution in [0, 0.1) is 17.0 Å². The van der Waals surface area contributed by atoms with E-state index in [-0.39, 0.29) is 18.2 Å². The Morgan fingerprint density at radius 2 is 1.93 bits per heavy atom. The number of hydrazone groups is 1. The lowest BCUT2D eigenvalue weighted by atomic mass is 10.2. The second-order valence-corrected chi connectivity index (χ2v) is 5.92. The summed E-state index contributed by atoms with van der Waals surface area (Å²) >= 11 is 0. The maximum atomic E-state index is 11.9. The Morgan fingerprint density at radius 3 is 2.64 bits per heavy atom. The number of para-hydroxylation sites is 1. The number of nitro groups is 1. The van der Waals surface area contributed by atoms with Crippen molar-refractivity contribution in [2.75, 3.05) is 6.61 Å². The zero-order valence-electron chi connectivity index (χ0n) is 15.1. The van der Waals surface area contributed by atoms with E-state index in [0.29, 0.717) is 11.4 Å². The van der Waals surface area contributed by atoms with Crippen LogP contribution in [0.4, 0.5) is 5.69 Å². The number of aromatic nitrogens is 1. The van der Waals surface area contributed by atoms with E-state index in [0.717, 1.165) is 11.3 Å². The van der Waals surface area contributed by atoms with Gasteiger partial charge in [-0.2, -0.15) is 5.10 Å². The van der Waals surface area contributed by atoms with Crippen LogP contribution in [0.3, 0.4) is 0 Å². The van der Waals surface area contributed by atoms with E-state index >= 15 is 0 Å². The van der Waals surface area contributed by atoms with Crippen molar-refractivity contribution in [1.82, 2.24) is 9.99 Å². The van der Waals surface area contributed by atoms with Gasteiger partial charge in [-0.3, -0.25) is 14.9 Å². The molecule has 0 bridgehead atoms. The van der Waals surface area contributed by atoms with Gasteiger partial charge in [0, 0.05) is 24.0 Å². The highest BCUT2D eigenvalue weighted by atomic mass is 16.6. The summed E-state index contributed by atoms with van der Waals surface area (Å²) in [6.45, 7) is 1.75. The number of aryl methyl sites for hydroxylation is 1. The number of hydrogen-bond acceptors (Lipinski definition) is 5. The van der Waals surface area contributed by atoms with Crippen molar-refractivity contribution in [2.45, 2.75) is 6.92 Å². The minimum atomic E-state index is -0.448. The van der Waals surface area contributed by atoms with Crippen LogP contribution in [0.5, 0.6) is 5.75 Å². The first kappa shape index (κ1) is 18.8. The molecule has 1 amide bonds. The molecule has 0 aliphatic carbocycles. The average Bonchev–Trinajstić information content (AvgIpc) is 3.16. The SMILES string of the molecule is Cc1ccccc1OCC(=O)N/N=C/c1cccn1-c1ccc([N+](=O)[O-])cc1. The van der Waals surface area contributed by atoms with Crippen LogP contribution in [0.25, 0.3) is 5.69 Å². The molecule has 8 nitrogen and oxygen atoms in total. The Kier molecular flexibility index (Phi) is 5.81. The quantitative estimate of drug-likeness (QED) is 0.388. The topological polar surface area (TPSA) is 98.8 Å². The normalized spacial score (nSPS) is 10.8. The van der Waals surface area contributed by atoms with Gasteiger partial charge in [0.25, 0.3) is 11.6 Å². The van der Waals surface area contributed by atoms with Gasteiger partial charge in [0.1, 0.15) is 5.75 Å². The molecule has 0 unspecified atom stereocenters. The Bertz CT molecular complexity index is 1010. The smallest absolute Gasteiger partial charge is 0.277 e. The second kappa shape index (κ2) is 8.63. The van der Waals surface area contributed by atoms with E-state index in [1.807, 2.05) is 31.2 Å². The molecule has 142 valence electrons. The summed E-state index contributed by atoms with van der Waals surface area (Å²) in [5.74, 6) is 0.265. The number of nitrogens with zero attached hydrogens (tertiary/aromatic N) is 3. The van der Waals surface area contributed by atoms with E-state index in [4.69, 9.17) is 4.74 Å². The number of carbonyl (C=O) groups is 1. The minimum Gasteiger partial charge on any atom is -0.483 e. The number of hydrogen-bond donors (Lipinski definition) is 1. The van der Waals surface area contributed by atoms with Gasteiger partial charge in [-0.1, -0.05) is 18.2 Å². The van der Waals surface area contributed by atoms with Crippen molar-refractivity contribution in [2.24, 2.45) is 5.10 Å². The van der Waals surface area contributed by atoms with Gasteiger partial charge < -0.3 is 9.30 Å². The van der Waals surface area contributed by atoms with Crippen LogP contribution in [-0.2, 0) is 4.79 Å². The minimum absolute atomic E-state index is 0.0204. The van der Waals surface area contributed by atoms with Gasteiger partial charge in [-0.15, -0.1) is 0 Å². The first-order valence-electron chi connectivity index (χ1n) is 8.47. The molecule has 0 saturated carbocycles. The second-order valence-electron chi connectivity index (χ2n) is 5.92. The number of amides is 1. The molecule has 0 saturated heterocycles. The van der Waals surface area contributed by atoms with Gasteiger partial charge in [-0.25, -0.2) is 5.43 Å². The van der Waals surface area contributed by atoms with Gasteiger partial charge in [-0.05, 0) is 42.8 Å². The number of benzene rings is 2. The molecule has 0 radical (unpaired) electrons. The third-order valence-corrected chi connectivity index (χ3v) is 3.96. The van der Waals surface area contributed by atoms with Crippen molar-refractivity contribution in [3.63, 3.8) is 0 Å². The van der Waals surface area contributed by atoms with Gasteiger partial charge in [0.05, 0.1) is 16.8 Å². The molecular weight excluding hydrogens is 360 g/mol. The van der Waals surface area contributed by atoms with Gasteiger partial charge in [0.15, 0.2) is 6.61 Å². The van der Waals surface area contributed by atoms with E-state index in [1.54, 1.807) is 35.0 Å². The summed E-state index contributed by atoms with van der Waals surface area (Å²) in [5, 5.41) is 14.7. The number of non-ortho nitro benzene ring substituents is 1. The van der Waals surface area contributed by atoms with Crippen LogP contribution in [0.2, 0.25) is 0 Å². The van der Waals surface area contributed by atoms with E-state index in [9.17, 15) is 14.9 Å². The standard InChI is InChI=1S/C20H18N4O4/c1-15-5-2-3-7-19(15)28-14-20(25)22-21-13-18-6-4-12-23(18)16-8-10-17(11-9-16)24(26)27/h2-13H,14H2,1H3,(H,22,25)/b21-13+. The van der Waals surface area contributed by atoms with Gasteiger partial charge >= 0.3 is 0 Å². The maximum Gasteiger partial charge on any atom is 0.277 e. The average molecular weight is 378 g/mol. The Balaban J connectivity index is 1.59. The molecule has 0 spiro atoms. The van der Waals surface area contributed by atoms with Gasteiger partial charge in [0.2, 0.25) is 0 Å². The summed E-state index contributed by atoms with van der Waals surface area (Å²) < 4.78 is 7.26. The number of rotatable bonds is 7. The predicted octanol–water partition coefficient (Wildman–Crippen LogP) is 3.22. The largest absolute Gasteiger partial charge is 0.483 e.